The monoisotopic (exact) mass is 275 g/mol. The van der Waals surface area contributed by atoms with E-state index in [1.54, 1.807) is 7.11 Å². The fourth-order valence-electron chi connectivity index (χ4n) is 2.94. The maximum atomic E-state index is 12.0. The summed E-state index contributed by atoms with van der Waals surface area (Å²) in [6.07, 6.45) is 6.98. The topological polar surface area (TPSA) is 38.3 Å². The molecule has 1 aromatic rings. The Bertz CT molecular complexity index is 438. The summed E-state index contributed by atoms with van der Waals surface area (Å²) in [5.74, 6) is 1.76. The second-order valence-electron chi connectivity index (χ2n) is 5.75. The Balaban J connectivity index is 1.80. The molecule has 0 bridgehead atoms. The van der Waals surface area contributed by atoms with E-state index in [4.69, 9.17) is 4.74 Å². The van der Waals surface area contributed by atoms with Crippen molar-refractivity contribution < 1.29 is 9.53 Å². The molecule has 1 aromatic carbocycles. The predicted octanol–water partition coefficient (Wildman–Crippen LogP) is 3.84. The highest BCUT2D eigenvalue weighted by Gasteiger charge is 2.17. The summed E-state index contributed by atoms with van der Waals surface area (Å²) in [6.45, 7) is 2.02. The Morgan fingerprint density at radius 1 is 1.40 bits per heavy atom. The smallest absolute Gasteiger partial charge is 0.220 e. The van der Waals surface area contributed by atoms with Crippen molar-refractivity contribution in [2.75, 3.05) is 7.11 Å². The summed E-state index contributed by atoms with van der Waals surface area (Å²) in [5.41, 5.74) is 1.08. The van der Waals surface area contributed by atoms with Crippen LogP contribution in [0.25, 0.3) is 0 Å². The van der Waals surface area contributed by atoms with Gasteiger partial charge in [-0.15, -0.1) is 0 Å². The Hall–Kier alpha value is -1.51. The molecule has 20 heavy (non-hydrogen) atoms. The minimum absolute atomic E-state index is 0.0289. The number of nitrogens with one attached hydrogen (secondary N) is 1. The number of hydrogen-bond donors (Lipinski definition) is 1. The van der Waals surface area contributed by atoms with Crippen molar-refractivity contribution in [1.82, 2.24) is 5.32 Å². The van der Waals surface area contributed by atoms with Crippen LogP contribution in [0.5, 0.6) is 5.75 Å². The molecular formula is C17H25NO2. The van der Waals surface area contributed by atoms with Crippen LogP contribution >= 0.6 is 0 Å². The van der Waals surface area contributed by atoms with E-state index in [-0.39, 0.29) is 11.9 Å². The number of hydrogen-bond acceptors (Lipinski definition) is 2. The van der Waals surface area contributed by atoms with Crippen LogP contribution in [0.15, 0.2) is 24.3 Å². The van der Waals surface area contributed by atoms with Crippen LogP contribution in [0.4, 0.5) is 0 Å². The van der Waals surface area contributed by atoms with Gasteiger partial charge in [-0.2, -0.15) is 0 Å². The van der Waals surface area contributed by atoms with E-state index < -0.39 is 0 Å². The van der Waals surface area contributed by atoms with E-state index >= 15 is 0 Å². The van der Waals surface area contributed by atoms with E-state index in [9.17, 15) is 4.79 Å². The van der Waals surface area contributed by atoms with Gasteiger partial charge < -0.3 is 10.1 Å². The van der Waals surface area contributed by atoms with Crippen LogP contribution in [-0.2, 0) is 4.79 Å². The summed E-state index contributed by atoms with van der Waals surface area (Å²) in [7, 11) is 1.66. The number of methoxy groups -OCH3 is 1. The minimum atomic E-state index is 0.0289. The van der Waals surface area contributed by atoms with Gasteiger partial charge in [-0.25, -0.2) is 0 Å². The highest BCUT2D eigenvalue weighted by Crippen LogP contribution is 2.28. The SMILES string of the molecule is COc1cccc([C@@H](C)NC(=O)CCC2CCCC2)c1. The highest BCUT2D eigenvalue weighted by atomic mass is 16.5. The van der Waals surface area contributed by atoms with Crippen molar-refractivity contribution in [3.05, 3.63) is 29.8 Å². The number of benzene rings is 1. The fraction of sp³-hybridized carbons (Fsp3) is 0.588. The van der Waals surface area contributed by atoms with Gasteiger partial charge in [-0.05, 0) is 37.0 Å². The van der Waals surface area contributed by atoms with Crippen LogP contribution < -0.4 is 10.1 Å². The van der Waals surface area contributed by atoms with Crippen molar-refractivity contribution in [1.29, 1.82) is 0 Å². The second kappa shape index (κ2) is 7.32. The van der Waals surface area contributed by atoms with E-state index in [1.165, 1.54) is 25.7 Å². The third-order valence-electron chi connectivity index (χ3n) is 4.23. The van der Waals surface area contributed by atoms with Crippen molar-refractivity contribution in [2.24, 2.45) is 5.92 Å². The molecule has 3 nitrogen and oxygen atoms in total. The lowest BCUT2D eigenvalue weighted by atomic mass is 10.0. The third-order valence-corrected chi connectivity index (χ3v) is 4.23. The molecule has 0 aromatic heterocycles. The Kier molecular flexibility index (Phi) is 5.45. The minimum Gasteiger partial charge on any atom is -0.497 e. The lowest BCUT2D eigenvalue weighted by Crippen LogP contribution is -2.26. The first-order chi connectivity index (χ1) is 9.69. The number of amides is 1. The van der Waals surface area contributed by atoms with Gasteiger partial charge >= 0.3 is 0 Å². The van der Waals surface area contributed by atoms with Gasteiger partial charge in [-0.1, -0.05) is 37.8 Å². The van der Waals surface area contributed by atoms with E-state index in [2.05, 4.69) is 5.32 Å². The molecule has 0 spiro atoms. The summed E-state index contributed by atoms with van der Waals surface area (Å²) in [6, 6.07) is 7.89. The van der Waals surface area contributed by atoms with E-state index in [0.29, 0.717) is 6.42 Å². The molecule has 1 fully saturated rings. The zero-order valence-corrected chi connectivity index (χ0v) is 12.5. The Labute approximate surface area is 121 Å². The average Bonchev–Trinajstić information content (AvgIpc) is 2.98. The first-order valence-electron chi connectivity index (χ1n) is 7.62. The normalized spacial score (nSPS) is 16.9. The standard InChI is InChI=1S/C17H25NO2/c1-13(15-8-5-9-16(12-15)20-2)18-17(19)11-10-14-6-3-4-7-14/h5,8-9,12-14H,3-4,6-7,10-11H2,1-2H3,(H,18,19)/t13-/m1/s1. The summed E-state index contributed by atoms with van der Waals surface area (Å²) < 4.78 is 5.21. The summed E-state index contributed by atoms with van der Waals surface area (Å²) >= 11 is 0. The molecule has 3 heteroatoms. The average molecular weight is 275 g/mol. The van der Waals surface area contributed by atoms with E-state index in [0.717, 1.165) is 23.7 Å². The molecule has 1 amide bonds. The molecule has 0 saturated heterocycles. The van der Waals surface area contributed by atoms with Gasteiger partial charge in [0.1, 0.15) is 5.75 Å². The number of ether oxygens (including phenoxy) is 1. The van der Waals surface area contributed by atoms with Crippen LogP contribution in [0.1, 0.15) is 57.1 Å². The lowest BCUT2D eigenvalue weighted by Gasteiger charge is -2.16. The van der Waals surface area contributed by atoms with Gasteiger partial charge in [-0.3, -0.25) is 4.79 Å². The number of carbonyl (C=O) groups is 1. The number of rotatable bonds is 6. The summed E-state index contributed by atoms with van der Waals surface area (Å²) in [5, 5.41) is 3.08. The molecule has 110 valence electrons. The molecule has 2 rings (SSSR count). The quantitative estimate of drug-likeness (QED) is 0.856. The third kappa shape index (κ3) is 4.26. The maximum Gasteiger partial charge on any atom is 0.220 e. The largest absolute Gasteiger partial charge is 0.497 e. The molecule has 1 aliphatic rings. The van der Waals surface area contributed by atoms with Crippen LogP contribution in [0, 0.1) is 5.92 Å². The molecule has 0 heterocycles. The van der Waals surface area contributed by atoms with Crippen molar-refractivity contribution >= 4 is 5.91 Å². The second-order valence-corrected chi connectivity index (χ2v) is 5.75. The first-order valence-corrected chi connectivity index (χ1v) is 7.62. The van der Waals surface area contributed by atoms with Crippen molar-refractivity contribution in [3.63, 3.8) is 0 Å². The lowest BCUT2D eigenvalue weighted by molar-refractivity contribution is -0.122. The zero-order valence-electron chi connectivity index (χ0n) is 12.5. The van der Waals surface area contributed by atoms with Gasteiger partial charge in [0.25, 0.3) is 0 Å². The number of carbonyl (C=O) groups excluding carboxylic acids is 1. The zero-order chi connectivity index (χ0) is 14.4. The van der Waals surface area contributed by atoms with Gasteiger partial charge in [0.15, 0.2) is 0 Å². The fourth-order valence-corrected chi connectivity index (χ4v) is 2.94. The van der Waals surface area contributed by atoms with Gasteiger partial charge in [0.2, 0.25) is 5.91 Å². The van der Waals surface area contributed by atoms with Crippen LogP contribution in [0.2, 0.25) is 0 Å². The molecule has 1 saturated carbocycles. The van der Waals surface area contributed by atoms with Gasteiger partial charge in [0.05, 0.1) is 13.2 Å². The Morgan fingerprint density at radius 2 is 2.15 bits per heavy atom. The molecule has 0 aliphatic heterocycles. The molecular weight excluding hydrogens is 250 g/mol. The molecule has 1 N–H and O–H groups in total. The maximum absolute atomic E-state index is 12.0. The van der Waals surface area contributed by atoms with Crippen molar-refractivity contribution in [2.45, 2.75) is 51.5 Å². The van der Waals surface area contributed by atoms with Crippen molar-refractivity contribution in [3.8, 4) is 5.75 Å². The van der Waals surface area contributed by atoms with Crippen LogP contribution in [-0.4, -0.2) is 13.0 Å². The Morgan fingerprint density at radius 3 is 2.85 bits per heavy atom. The molecule has 1 aliphatic carbocycles. The van der Waals surface area contributed by atoms with E-state index in [1.807, 2.05) is 31.2 Å². The molecule has 1 atom stereocenters. The molecule has 0 unspecified atom stereocenters. The van der Waals surface area contributed by atoms with Gasteiger partial charge in [0, 0.05) is 6.42 Å². The predicted molar refractivity (Wildman–Crippen MR) is 80.7 cm³/mol. The van der Waals surface area contributed by atoms with Crippen LogP contribution in [0.3, 0.4) is 0 Å². The molecule has 0 radical (unpaired) electrons. The first kappa shape index (κ1) is 14.9. The summed E-state index contributed by atoms with van der Waals surface area (Å²) in [4.78, 5) is 12.0. The highest BCUT2D eigenvalue weighted by molar-refractivity contribution is 5.76.